The van der Waals surface area contributed by atoms with Crippen molar-refractivity contribution in [2.24, 2.45) is 0 Å². The Labute approximate surface area is 126 Å². The van der Waals surface area contributed by atoms with Crippen LogP contribution in [0.3, 0.4) is 0 Å². The average Bonchev–Trinajstić information content (AvgIpc) is 2.44. The van der Waals surface area contributed by atoms with Crippen molar-refractivity contribution >= 4 is 33.4 Å². The Morgan fingerprint density at radius 1 is 1.16 bits per heavy atom. The fraction of sp³-hybridized carbons (Fsp3) is 0.200. The highest BCUT2D eigenvalue weighted by Gasteiger charge is 1.97. The quantitative estimate of drug-likeness (QED) is 0.611. The maximum absolute atomic E-state index is 5.21. The van der Waals surface area contributed by atoms with Crippen molar-refractivity contribution in [1.29, 1.82) is 0 Å². The maximum atomic E-state index is 5.21. The predicted molar refractivity (Wildman–Crippen MR) is 86.3 cm³/mol. The molecule has 19 heavy (non-hydrogen) atoms. The van der Waals surface area contributed by atoms with Crippen molar-refractivity contribution in [1.82, 2.24) is 0 Å². The number of hydrogen-bond donors (Lipinski definition) is 1. The molecule has 2 rings (SSSR count). The van der Waals surface area contributed by atoms with Crippen molar-refractivity contribution in [2.45, 2.75) is 4.90 Å². The van der Waals surface area contributed by atoms with Crippen molar-refractivity contribution in [3.63, 3.8) is 0 Å². The molecule has 0 atom stereocenters. The third-order valence-electron chi connectivity index (χ3n) is 2.57. The highest BCUT2D eigenvalue weighted by atomic mass is 79.9. The number of ether oxygens (including phenoxy) is 1. The largest absolute Gasteiger partial charge is 0.497 e. The molecule has 0 amide bonds. The summed E-state index contributed by atoms with van der Waals surface area (Å²) in [6.07, 6.45) is 0. The van der Waals surface area contributed by atoms with Gasteiger partial charge in [0, 0.05) is 27.4 Å². The molecule has 1 N–H and O–H groups in total. The second-order valence-electron chi connectivity index (χ2n) is 3.96. The number of rotatable bonds is 6. The van der Waals surface area contributed by atoms with Gasteiger partial charge in [0.2, 0.25) is 0 Å². The molecule has 0 bridgehead atoms. The summed E-state index contributed by atoms with van der Waals surface area (Å²) >= 11 is 5.28. The van der Waals surface area contributed by atoms with E-state index in [4.69, 9.17) is 4.74 Å². The van der Waals surface area contributed by atoms with E-state index < -0.39 is 0 Å². The lowest BCUT2D eigenvalue weighted by atomic mass is 10.3. The molecule has 0 aliphatic carbocycles. The lowest BCUT2D eigenvalue weighted by Crippen LogP contribution is -2.03. The second kappa shape index (κ2) is 7.46. The van der Waals surface area contributed by atoms with Crippen molar-refractivity contribution in [3.8, 4) is 5.75 Å². The smallest absolute Gasteiger partial charge is 0.119 e. The molecule has 2 nitrogen and oxygen atoms in total. The Kier molecular flexibility index (Phi) is 5.61. The standard InChI is InChI=1S/C15H16BrNOS/c1-18-14-6-3-7-15(11-14)19-9-8-17-13-5-2-4-12(16)10-13/h2-7,10-11,17H,8-9H2,1H3. The van der Waals surface area contributed by atoms with E-state index in [0.717, 1.165) is 28.2 Å². The normalized spacial score (nSPS) is 10.2. The Balaban J connectivity index is 1.77. The molecule has 0 saturated carbocycles. The van der Waals surface area contributed by atoms with E-state index in [2.05, 4.69) is 45.5 Å². The Morgan fingerprint density at radius 2 is 2.00 bits per heavy atom. The summed E-state index contributed by atoms with van der Waals surface area (Å²) in [4.78, 5) is 1.23. The van der Waals surface area contributed by atoms with Crippen LogP contribution in [-0.2, 0) is 0 Å². The molecule has 2 aromatic carbocycles. The molecule has 0 aliphatic heterocycles. The summed E-state index contributed by atoms with van der Waals surface area (Å²) in [7, 11) is 1.69. The first kappa shape index (κ1) is 14.3. The third-order valence-corrected chi connectivity index (χ3v) is 4.05. The van der Waals surface area contributed by atoms with E-state index in [1.807, 2.05) is 36.0 Å². The van der Waals surface area contributed by atoms with E-state index >= 15 is 0 Å². The average molecular weight is 338 g/mol. The van der Waals surface area contributed by atoms with Gasteiger partial charge in [-0.2, -0.15) is 0 Å². The van der Waals surface area contributed by atoms with Crippen LogP contribution in [0.25, 0.3) is 0 Å². The first-order valence-corrected chi connectivity index (χ1v) is 7.82. The number of thioether (sulfide) groups is 1. The minimum absolute atomic E-state index is 0.907. The minimum Gasteiger partial charge on any atom is -0.497 e. The van der Waals surface area contributed by atoms with Gasteiger partial charge in [0.25, 0.3) is 0 Å². The molecule has 0 heterocycles. The van der Waals surface area contributed by atoms with Gasteiger partial charge in [0.15, 0.2) is 0 Å². The minimum atomic E-state index is 0.907. The van der Waals surface area contributed by atoms with Crippen molar-refractivity contribution in [3.05, 3.63) is 53.0 Å². The molecule has 100 valence electrons. The van der Waals surface area contributed by atoms with Gasteiger partial charge < -0.3 is 10.1 Å². The van der Waals surface area contributed by atoms with E-state index in [1.54, 1.807) is 7.11 Å². The summed E-state index contributed by atoms with van der Waals surface area (Å²) in [5.74, 6) is 1.92. The summed E-state index contributed by atoms with van der Waals surface area (Å²) in [5, 5.41) is 3.40. The molecule has 2 aromatic rings. The highest BCUT2D eigenvalue weighted by Crippen LogP contribution is 2.22. The first-order chi connectivity index (χ1) is 9.28. The highest BCUT2D eigenvalue weighted by molar-refractivity contribution is 9.10. The zero-order chi connectivity index (χ0) is 13.5. The van der Waals surface area contributed by atoms with Gasteiger partial charge >= 0.3 is 0 Å². The van der Waals surface area contributed by atoms with Crippen LogP contribution in [0.5, 0.6) is 5.75 Å². The topological polar surface area (TPSA) is 21.3 Å². The first-order valence-electron chi connectivity index (χ1n) is 6.04. The van der Waals surface area contributed by atoms with Crippen LogP contribution >= 0.6 is 27.7 Å². The number of benzene rings is 2. The van der Waals surface area contributed by atoms with Crippen molar-refractivity contribution in [2.75, 3.05) is 24.7 Å². The molecule has 0 aliphatic rings. The van der Waals surface area contributed by atoms with E-state index in [-0.39, 0.29) is 0 Å². The monoisotopic (exact) mass is 337 g/mol. The number of halogens is 1. The lowest BCUT2D eigenvalue weighted by molar-refractivity contribution is 0.413. The van der Waals surface area contributed by atoms with Gasteiger partial charge in [-0.15, -0.1) is 11.8 Å². The number of methoxy groups -OCH3 is 1. The second-order valence-corrected chi connectivity index (χ2v) is 6.05. The van der Waals surface area contributed by atoms with Crippen molar-refractivity contribution < 1.29 is 4.74 Å². The molecule has 0 fully saturated rings. The molecule has 0 aromatic heterocycles. The van der Waals surface area contributed by atoms with Gasteiger partial charge in [-0.3, -0.25) is 0 Å². The zero-order valence-corrected chi connectivity index (χ0v) is 13.1. The van der Waals surface area contributed by atoms with Crippen LogP contribution in [0.4, 0.5) is 5.69 Å². The zero-order valence-electron chi connectivity index (χ0n) is 10.7. The molecular formula is C15H16BrNOS. The summed E-state index contributed by atoms with van der Waals surface area (Å²) < 4.78 is 6.30. The number of nitrogens with one attached hydrogen (secondary N) is 1. The van der Waals surface area contributed by atoms with Gasteiger partial charge in [0.1, 0.15) is 5.75 Å². The van der Waals surface area contributed by atoms with Crippen LogP contribution in [0.15, 0.2) is 57.9 Å². The lowest BCUT2D eigenvalue weighted by Gasteiger charge is -2.07. The van der Waals surface area contributed by atoms with Gasteiger partial charge in [-0.25, -0.2) is 0 Å². The molecule has 0 saturated heterocycles. The molecule has 0 unspecified atom stereocenters. The van der Waals surface area contributed by atoms with Crippen LogP contribution in [0.1, 0.15) is 0 Å². The van der Waals surface area contributed by atoms with Gasteiger partial charge in [-0.05, 0) is 36.4 Å². The van der Waals surface area contributed by atoms with Crippen LogP contribution in [0, 0.1) is 0 Å². The van der Waals surface area contributed by atoms with E-state index in [1.165, 1.54) is 4.90 Å². The predicted octanol–water partition coefficient (Wildman–Crippen LogP) is 4.66. The van der Waals surface area contributed by atoms with Gasteiger partial charge in [0.05, 0.1) is 7.11 Å². The Morgan fingerprint density at radius 3 is 2.79 bits per heavy atom. The number of hydrogen-bond acceptors (Lipinski definition) is 3. The van der Waals surface area contributed by atoms with E-state index in [9.17, 15) is 0 Å². The molecule has 4 heteroatoms. The summed E-state index contributed by atoms with van der Waals surface area (Å²) in [6.45, 7) is 0.929. The van der Waals surface area contributed by atoms with E-state index in [0.29, 0.717) is 0 Å². The fourth-order valence-electron chi connectivity index (χ4n) is 1.65. The van der Waals surface area contributed by atoms with Gasteiger partial charge in [-0.1, -0.05) is 28.1 Å². The molecule has 0 radical (unpaired) electrons. The fourth-order valence-corrected chi connectivity index (χ4v) is 2.87. The molecule has 0 spiro atoms. The van der Waals surface area contributed by atoms with Crippen LogP contribution < -0.4 is 10.1 Å². The third kappa shape index (κ3) is 4.80. The maximum Gasteiger partial charge on any atom is 0.119 e. The summed E-state index contributed by atoms with van der Waals surface area (Å²) in [5.41, 5.74) is 1.14. The SMILES string of the molecule is COc1cccc(SCCNc2cccc(Br)c2)c1. The number of anilines is 1. The Hall–Kier alpha value is -1.13. The molecular weight excluding hydrogens is 322 g/mol. The summed E-state index contributed by atoms with van der Waals surface area (Å²) in [6, 6.07) is 16.3. The Bertz CT molecular complexity index is 533. The van der Waals surface area contributed by atoms with Crippen LogP contribution in [-0.4, -0.2) is 19.4 Å². The van der Waals surface area contributed by atoms with Crippen LogP contribution in [0.2, 0.25) is 0 Å².